The first-order valence-corrected chi connectivity index (χ1v) is 8.37. The molecule has 0 unspecified atom stereocenters. The van der Waals surface area contributed by atoms with Gasteiger partial charge >= 0.3 is 5.97 Å². The number of hydrogen-bond donors (Lipinski definition) is 1. The van der Waals surface area contributed by atoms with Crippen molar-refractivity contribution in [3.8, 4) is 17.2 Å². The normalized spacial score (nSPS) is 9.96. The lowest BCUT2D eigenvalue weighted by molar-refractivity contribution is -0.149. The summed E-state index contributed by atoms with van der Waals surface area (Å²) in [5.74, 6) is 0.428. The van der Waals surface area contributed by atoms with E-state index in [0.717, 1.165) is 4.47 Å². The molecule has 0 saturated heterocycles. The van der Waals surface area contributed by atoms with Crippen molar-refractivity contribution in [2.45, 2.75) is 0 Å². The van der Waals surface area contributed by atoms with Gasteiger partial charge in [0.25, 0.3) is 5.91 Å². The third-order valence-electron chi connectivity index (χ3n) is 3.20. The van der Waals surface area contributed by atoms with Crippen LogP contribution in [0.2, 0.25) is 0 Å². The average Bonchev–Trinajstić information content (AvgIpc) is 2.65. The molecule has 1 amide bonds. The third-order valence-corrected chi connectivity index (χ3v) is 3.73. The minimum atomic E-state index is -0.643. The number of carbonyl (C=O) groups is 2. The number of benzene rings is 2. The van der Waals surface area contributed by atoms with Gasteiger partial charge in [0.15, 0.2) is 24.7 Å². The van der Waals surface area contributed by atoms with E-state index >= 15 is 0 Å². The van der Waals surface area contributed by atoms with E-state index in [9.17, 15) is 9.59 Å². The predicted octanol–water partition coefficient (Wildman–Crippen LogP) is 3.03. The van der Waals surface area contributed by atoms with Crippen molar-refractivity contribution >= 4 is 33.5 Å². The Morgan fingerprint density at radius 3 is 2.31 bits per heavy atom. The first-order chi connectivity index (χ1) is 12.5. The van der Waals surface area contributed by atoms with Gasteiger partial charge in [0, 0.05) is 16.2 Å². The Morgan fingerprint density at radius 1 is 0.962 bits per heavy atom. The van der Waals surface area contributed by atoms with Crippen molar-refractivity contribution in [3.63, 3.8) is 0 Å². The molecule has 2 rings (SSSR count). The highest BCUT2D eigenvalue weighted by Gasteiger charge is 2.11. The SMILES string of the molecule is COc1ccc(NC(=O)COC(=O)COc2ccc(Br)cc2)cc1OC. The molecule has 0 saturated carbocycles. The van der Waals surface area contributed by atoms with Crippen molar-refractivity contribution in [3.05, 3.63) is 46.9 Å². The van der Waals surface area contributed by atoms with Gasteiger partial charge in [-0.25, -0.2) is 4.79 Å². The van der Waals surface area contributed by atoms with Crippen molar-refractivity contribution in [1.29, 1.82) is 0 Å². The lowest BCUT2D eigenvalue weighted by atomic mass is 10.2. The molecule has 138 valence electrons. The molecule has 0 aliphatic rings. The minimum Gasteiger partial charge on any atom is -0.493 e. The predicted molar refractivity (Wildman–Crippen MR) is 98.8 cm³/mol. The summed E-state index contributed by atoms with van der Waals surface area (Å²) < 4.78 is 21.3. The molecule has 0 bridgehead atoms. The second kappa shape index (κ2) is 9.67. The van der Waals surface area contributed by atoms with E-state index < -0.39 is 18.5 Å². The fraction of sp³-hybridized carbons (Fsp3) is 0.222. The van der Waals surface area contributed by atoms with Crippen LogP contribution in [0.4, 0.5) is 5.69 Å². The summed E-state index contributed by atoms with van der Waals surface area (Å²) in [6.45, 7) is -0.706. The summed E-state index contributed by atoms with van der Waals surface area (Å²) in [4.78, 5) is 23.5. The highest BCUT2D eigenvalue weighted by Crippen LogP contribution is 2.29. The maximum Gasteiger partial charge on any atom is 0.344 e. The molecule has 26 heavy (non-hydrogen) atoms. The number of halogens is 1. The van der Waals surface area contributed by atoms with Gasteiger partial charge in [-0.2, -0.15) is 0 Å². The van der Waals surface area contributed by atoms with E-state index in [1.165, 1.54) is 14.2 Å². The van der Waals surface area contributed by atoms with Crippen LogP contribution in [0.15, 0.2) is 46.9 Å². The van der Waals surface area contributed by atoms with Gasteiger partial charge < -0.3 is 24.3 Å². The lowest BCUT2D eigenvalue weighted by Gasteiger charge is -2.11. The van der Waals surface area contributed by atoms with E-state index in [1.807, 2.05) is 0 Å². The number of ether oxygens (including phenoxy) is 4. The highest BCUT2D eigenvalue weighted by atomic mass is 79.9. The number of carbonyl (C=O) groups excluding carboxylic acids is 2. The van der Waals surface area contributed by atoms with Crippen molar-refractivity contribution in [2.24, 2.45) is 0 Å². The Labute approximate surface area is 159 Å². The third kappa shape index (κ3) is 5.96. The molecule has 8 heteroatoms. The maximum atomic E-state index is 11.9. The van der Waals surface area contributed by atoms with E-state index in [0.29, 0.717) is 22.9 Å². The van der Waals surface area contributed by atoms with E-state index in [2.05, 4.69) is 21.2 Å². The number of methoxy groups -OCH3 is 2. The smallest absolute Gasteiger partial charge is 0.344 e. The number of anilines is 1. The summed E-state index contributed by atoms with van der Waals surface area (Å²) in [6, 6.07) is 11.9. The Morgan fingerprint density at radius 2 is 1.65 bits per heavy atom. The van der Waals surface area contributed by atoms with Gasteiger partial charge in [-0.05, 0) is 36.4 Å². The van der Waals surface area contributed by atoms with Gasteiger partial charge in [-0.15, -0.1) is 0 Å². The maximum absolute atomic E-state index is 11.9. The molecular weight excluding hydrogens is 406 g/mol. The first kappa shape index (κ1) is 19.6. The number of esters is 1. The first-order valence-electron chi connectivity index (χ1n) is 7.57. The van der Waals surface area contributed by atoms with Crippen LogP contribution in [0.3, 0.4) is 0 Å². The molecule has 7 nitrogen and oxygen atoms in total. The van der Waals surface area contributed by atoms with Crippen LogP contribution in [-0.2, 0) is 14.3 Å². The molecule has 0 aromatic heterocycles. The number of nitrogens with one attached hydrogen (secondary N) is 1. The van der Waals surface area contributed by atoms with Crippen LogP contribution in [0.1, 0.15) is 0 Å². The number of hydrogen-bond acceptors (Lipinski definition) is 6. The zero-order valence-corrected chi connectivity index (χ0v) is 15.9. The van der Waals surface area contributed by atoms with Gasteiger partial charge in [0.2, 0.25) is 0 Å². The fourth-order valence-electron chi connectivity index (χ4n) is 1.97. The summed E-state index contributed by atoms with van der Waals surface area (Å²) in [6.07, 6.45) is 0. The van der Waals surface area contributed by atoms with Crippen LogP contribution in [0.5, 0.6) is 17.2 Å². The summed E-state index contributed by atoms with van der Waals surface area (Å²) in [5.41, 5.74) is 0.495. The molecule has 0 radical (unpaired) electrons. The second-order valence-corrected chi connectivity index (χ2v) is 5.94. The topological polar surface area (TPSA) is 83.1 Å². The Hall–Kier alpha value is -2.74. The number of rotatable bonds is 8. The van der Waals surface area contributed by atoms with Crippen molar-refractivity contribution in [2.75, 3.05) is 32.8 Å². The standard InChI is InChI=1S/C18H18BrNO6/c1-23-15-8-5-13(9-16(15)24-2)20-17(21)10-26-18(22)11-25-14-6-3-12(19)4-7-14/h3-9H,10-11H2,1-2H3,(H,20,21). The van der Waals surface area contributed by atoms with Crippen LogP contribution in [0, 0.1) is 0 Å². The van der Waals surface area contributed by atoms with Crippen LogP contribution >= 0.6 is 15.9 Å². The monoisotopic (exact) mass is 423 g/mol. The van der Waals surface area contributed by atoms with E-state index in [-0.39, 0.29) is 6.61 Å². The Bertz CT molecular complexity index is 763. The summed E-state index contributed by atoms with van der Waals surface area (Å²) >= 11 is 3.30. The van der Waals surface area contributed by atoms with Crippen molar-refractivity contribution in [1.82, 2.24) is 0 Å². The summed E-state index contributed by atoms with van der Waals surface area (Å²) in [7, 11) is 3.02. The van der Waals surface area contributed by atoms with Crippen molar-refractivity contribution < 1.29 is 28.5 Å². The van der Waals surface area contributed by atoms with Crippen LogP contribution in [0.25, 0.3) is 0 Å². The second-order valence-electron chi connectivity index (χ2n) is 5.02. The largest absolute Gasteiger partial charge is 0.493 e. The highest BCUT2D eigenvalue weighted by molar-refractivity contribution is 9.10. The fourth-order valence-corrected chi connectivity index (χ4v) is 2.24. The quantitative estimate of drug-likeness (QED) is 0.657. The molecular formula is C18H18BrNO6. The minimum absolute atomic E-state index is 0.286. The molecule has 0 aliphatic heterocycles. The number of amides is 1. The average molecular weight is 424 g/mol. The molecule has 0 spiro atoms. The Kier molecular flexibility index (Phi) is 7.28. The van der Waals surface area contributed by atoms with E-state index in [4.69, 9.17) is 18.9 Å². The molecule has 0 aliphatic carbocycles. The molecule has 2 aromatic rings. The van der Waals surface area contributed by atoms with Crippen LogP contribution in [-0.4, -0.2) is 39.3 Å². The molecule has 1 N–H and O–H groups in total. The van der Waals surface area contributed by atoms with E-state index in [1.54, 1.807) is 42.5 Å². The summed E-state index contributed by atoms with van der Waals surface area (Å²) in [5, 5.41) is 2.61. The van der Waals surface area contributed by atoms with Gasteiger partial charge in [0.05, 0.1) is 14.2 Å². The zero-order chi connectivity index (χ0) is 18.9. The van der Waals surface area contributed by atoms with Gasteiger partial charge in [-0.1, -0.05) is 15.9 Å². The van der Waals surface area contributed by atoms with Gasteiger partial charge in [-0.3, -0.25) is 4.79 Å². The zero-order valence-electron chi connectivity index (χ0n) is 14.3. The lowest BCUT2D eigenvalue weighted by Crippen LogP contribution is -2.23. The Balaban J connectivity index is 1.77. The molecule has 0 heterocycles. The van der Waals surface area contributed by atoms with Crippen LogP contribution < -0.4 is 19.5 Å². The van der Waals surface area contributed by atoms with Gasteiger partial charge in [0.1, 0.15) is 5.75 Å². The molecule has 0 atom stereocenters. The molecule has 2 aromatic carbocycles. The molecule has 0 fully saturated rings.